The van der Waals surface area contributed by atoms with Crippen LogP contribution in [0.3, 0.4) is 0 Å². The van der Waals surface area contributed by atoms with Crippen molar-refractivity contribution in [3.05, 3.63) is 53.6 Å². The molecular formula is C22H27N3O5S2. The predicted molar refractivity (Wildman–Crippen MR) is 125 cm³/mol. The number of nitrogens with zero attached hydrogens (tertiary/aromatic N) is 2. The Morgan fingerprint density at radius 1 is 1.16 bits per heavy atom. The molecule has 1 N–H and O–H groups in total. The van der Waals surface area contributed by atoms with Crippen molar-refractivity contribution in [2.24, 2.45) is 0 Å². The van der Waals surface area contributed by atoms with Crippen LogP contribution in [0.1, 0.15) is 15.9 Å². The Labute approximate surface area is 193 Å². The van der Waals surface area contributed by atoms with Crippen molar-refractivity contribution < 1.29 is 22.7 Å². The van der Waals surface area contributed by atoms with Crippen LogP contribution in [0.2, 0.25) is 0 Å². The van der Waals surface area contributed by atoms with Crippen molar-refractivity contribution in [2.75, 3.05) is 51.5 Å². The van der Waals surface area contributed by atoms with Crippen LogP contribution >= 0.6 is 11.8 Å². The summed E-state index contributed by atoms with van der Waals surface area (Å²) in [5.41, 5.74) is 1.45. The van der Waals surface area contributed by atoms with Gasteiger partial charge in [0.15, 0.2) is 0 Å². The summed E-state index contributed by atoms with van der Waals surface area (Å²) in [6.45, 7) is 2.76. The van der Waals surface area contributed by atoms with Gasteiger partial charge in [0.2, 0.25) is 15.9 Å². The fraction of sp³-hybridized carbons (Fsp3) is 0.364. The molecule has 1 saturated heterocycles. The number of thioether (sulfide) groups is 1. The molecule has 0 spiro atoms. The predicted octanol–water partition coefficient (Wildman–Crippen LogP) is 2.45. The minimum absolute atomic E-state index is 0.0944. The number of carbonyl (C=O) groups excluding carboxylic acids is 2. The van der Waals surface area contributed by atoms with Crippen LogP contribution in [0, 0.1) is 6.92 Å². The molecule has 32 heavy (non-hydrogen) atoms. The Kier molecular flexibility index (Phi) is 7.94. The minimum atomic E-state index is -3.74. The second-order valence-corrected chi connectivity index (χ2v) is 10.2. The lowest BCUT2D eigenvalue weighted by molar-refractivity contribution is -0.116. The van der Waals surface area contributed by atoms with Crippen LogP contribution in [0.5, 0.6) is 0 Å². The Balaban J connectivity index is 1.74. The maximum Gasteiger partial charge on any atom is 0.254 e. The third kappa shape index (κ3) is 5.50. The third-order valence-electron chi connectivity index (χ3n) is 5.13. The Morgan fingerprint density at radius 2 is 1.84 bits per heavy atom. The van der Waals surface area contributed by atoms with E-state index in [1.807, 2.05) is 24.5 Å². The summed E-state index contributed by atoms with van der Waals surface area (Å²) in [4.78, 5) is 27.7. The van der Waals surface area contributed by atoms with E-state index in [1.165, 1.54) is 34.1 Å². The van der Waals surface area contributed by atoms with Crippen LogP contribution in [-0.2, 0) is 19.6 Å². The number of ether oxygens (including phenoxy) is 1. The highest BCUT2D eigenvalue weighted by Gasteiger charge is 2.29. The van der Waals surface area contributed by atoms with Crippen molar-refractivity contribution in [1.29, 1.82) is 0 Å². The Morgan fingerprint density at radius 3 is 2.53 bits per heavy atom. The van der Waals surface area contributed by atoms with Gasteiger partial charge in [0.05, 0.1) is 30.3 Å². The first-order chi connectivity index (χ1) is 15.2. The molecule has 172 valence electrons. The van der Waals surface area contributed by atoms with E-state index in [4.69, 9.17) is 4.74 Å². The van der Waals surface area contributed by atoms with E-state index in [0.29, 0.717) is 24.5 Å². The van der Waals surface area contributed by atoms with E-state index in [9.17, 15) is 18.0 Å². The molecule has 2 aromatic rings. The standard InChI is InChI=1S/C22H27N3O5S2/c1-16-8-9-17(14-20(16)32(28,29)25-10-12-30-13-11-25)22(27)24(2)15-21(26)23-18-6-4-5-7-19(18)31-3/h4-9,14H,10-13,15H2,1-3H3,(H,23,26). The van der Waals surface area contributed by atoms with Crippen molar-refractivity contribution in [2.45, 2.75) is 16.7 Å². The number of morpholine rings is 1. The lowest BCUT2D eigenvalue weighted by Gasteiger charge is -2.27. The second kappa shape index (κ2) is 10.5. The Bertz CT molecular complexity index is 1100. The number of sulfonamides is 1. The maximum absolute atomic E-state index is 13.1. The van der Waals surface area contributed by atoms with E-state index in [-0.39, 0.29) is 36.0 Å². The molecule has 1 aliphatic heterocycles. The molecule has 0 atom stereocenters. The molecule has 8 nitrogen and oxygen atoms in total. The highest BCUT2D eigenvalue weighted by atomic mass is 32.2. The molecule has 3 rings (SSSR count). The van der Waals surface area contributed by atoms with E-state index in [2.05, 4.69) is 5.32 Å². The summed E-state index contributed by atoms with van der Waals surface area (Å²) >= 11 is 1.51. The van der Waals surface area contributed by atoms with Crippen molar-refractivity contribution in [3.8, 4) is 0 Å². The quantitative estimate of drug-likeness (QED) is 0.616. The van der Waals surface area contributed by atoms with Gasteiger partial charge in [0.25, 0.3) is 5.91 Å². The van der Waals surface area contributed by atoms with Gasteiger partial charge in [-0.2, -0.15) is 4.31 Å². The second-order valence-electron chi connectivity index (χ2n) is 7.41. The van der Waals surface area contributed by atoms with E-state index < -0.39 is 15.9 Å². The van der Waals surface area contributed by atoms with E-state index in [1.54, 1.807) is 25.1 Å². The minimum Gasteiger partial charge on any atom is -0.379 e. The first-order valence-electron chi connectivity index (χ1n) is 10.1. The molecule has 2 amide bonds. The number of aryl methyl sites for hydroxylation is 1. The normalized spacial score (nSPS) is 14.7. The number of benzene rings is 2. The summed E-state index contributed by atoms with van der Waals surface area (Å²) in [5, 5.41) is 2.82. The van der Waals surface area contributed by atoms with Gasteiger partial charge >= 0.3 is 0 Å². The van der Waals surface area contributed by atoms with Gasteiger partial charge < -0.3 is 15.0 Å². The molecule has 2 aromatic carbocycles. The lowest BCUT2D eigenvalue weighted by atomic mass is 10.1. The monoisotopic (exact) mass is 477 g/mol. The molecule has 1 heterocycles. The molecule has 0 saturated carbocycles. The first-order valence-corrected chi connectivity index (χ1v) is 12.8. The highest BCUT2D eigenvalue weighted by molar-refractivity contribution is 7.98. The highest BCUT2D eigenvalue weighted by Crippen LogP contribution is 2.25. The zero-order chi connectivity index (χ0) is 23.3. The van der Waals surface area contributed by atoms with Gasteiger partial charge in [-0.15, -0.1) is 11.8 Å². The number of carbonyl (C=O) groups is 2. The molecule has 0 aliphatic carbocycles. The maximum atomic E-state index is 13.1. The molecule has 0 radical (unpaired) electrons. The summed E-state index contributed by atoms with van der Waals surface area (Å²) in [6.07, 6.45) is 1.92. The van der Waals surface area contributed by atoms with Crippen LogP contribution < -0.4 is 5.32 Å². The van der Waals surface area contributed by atoms with Gasteiger partial charge in [0, 0.05) is 30.6 Å². The fourth-order valence-corrected chi connectivity index (χ4v) is 5.59. The van der Waals surface area contributed by atoms with Crippen molar-refractivity contribution in [3.63, 3.8) is 0 Å². The first kappa shape index (κ1) is 24.2. The lowest BCUT2D eigenvalue weighted by Crippen LogP contribution is -2.41. The molecule has 1 fully saturated rings. The number of anilines is 1. The topological polar surface area (TPSA) is 96.0 Å². The number of amides is 2. The molecule has 0 bridgehead atoms. The number of likely N-dealkylation sites (N-methyl/N-ethyl adjacent to an activating group) is 1. The molecule has 10 heteroatoms. The van der Waals surface area contributed by atoms with Gasteiger partial charge in [-0.3, -0.25) is 9.59 Å². The largest absolute Gasteiger partial charge is 0.379 e. The summed E-state index contributed by atoms with van der Waals surface area (Å²) < 4.78 is 32.8. The van der Waals surface area contributed by atoms with Gasteiger partial charge in [-0.25, -0.2) is 8.42 Å². The van der Waals surface area contributed by atoms with Gasteiger partial charge in [-0.1, -0.05) is 18.2 Å². The summed E-state index contributed by atoms with van der Waals surface area (Å²) in [5.74, 6) is -0.771. The SMILES string of the molecule is CSc1ccccc1NC(=O)CN(C)C(=O)c1ccc(C)c(S(=O)(=O)N2CCOCC2)c1. The number of hydrogen-bond acceptors (Lipinski definition) is 6. The fourth-order valence-electron chi connectivity index (χ4n) is 3.38. The molecular weight excluding hydrogens is 450 g/mol. The number of para-hydroxylation sites is 1. The van der Waals surface area contributed by atoms with E-state index >= 15 is 0 Å². The van der Waals surface area contributed by atoms with Crippen LogP contribution in [0.4, 0.5) is 5.69 Å². The average molecular weight is 478 g/mol. The van der Waals surface area contributed by atoms with Crippen molar-refractivity contribution in [1.82, 2.24) is 9.21 Å². The summed E-state index contributed by atoms with van der Waals surface area (Å²) in [7, 11) is -2.23. The molecule has 1 aliphatic rings. The van der Waals surface area contributed by atoms with Crippen LogP contribution in [-0.4, -0.2) is 75.6 Å². The number of rotatable bonds is 7. The van der Waals surface area contributed by atoms with Crippen LogP contribution in [0.25, 0.3) is 0 Å². The number of nitrogens with one attached hydrogen (secondary N) is 1. The van der Waals surface area contributed by atoms with E-state index in [0.717, 1.165) is 4.90 Å². The smallest absolute Gasteiger partial charge is 0.254 e. The zero-order valence-electron chi connectivity index (χ0n) is 18.3. The third-order valence-corrected chi connectivity index (χ3v) is 7.97. The van der Waals surface area contributed by atoms with Crippen molar-refractivity contribution >= 4 is 39.3 Å². The average Bonchev–Trinajstić information content (AvgIpc) is 2.79. The molecule has 0 aromatic heterocycles. The molecule has 0 unspecified atom stereocenters. The van der Waals surface area contributed by atoms with Crippen LogP contribution in [0.15, 0.2) is 52.3 Å². The number of hydrogen-bond donors (Lipinski definition) is 1. The van der Waals surface area contributed by atoms with Gasteiger partial charge in [-0.05, 0) is 43.0 Å². The summed E-state index contributed by atoms with van der Waals surface area (Å²) in [6, 6.07) is 12.0. The van der Waals surface area contributed by atoms with Gasteiger partial charge in [0.1, 0.15) is 0 Å². The Hall–Kier alpha value is -2.40. The zero-order valence-corrected chi connectivity index (χ0v) is 20.0.